The summed E-state index contributed by atoms with van der Waals surface area (Å²) in [6, 6.07) is 12.2. The van der Waals surface area contributed by atoms with E-state index in [4.69, 9.17) is 9.57 Å². The summed E-state index contributed by atoms with van der Waals surface area (Å²) in [7, 11) is 3.00. The van der Waals surface area contributed by atoms with Crippen LogP contribution in [0.3, 0.4) is 0 Å². The van der Waals surface area contributed by atoms with Crippen LogP contribution in [-0.2, 0) is 15.8 Å². The second-order valence-corrected chi connectivity index (χ2v) is 5.75. The number of halogens is 3. The zero-order chi connectivity index (χ0) is 20.6. The quantitative estimate of drug-likeness (QED) is 0.514. The summed E-state index contributed by atoms with van der Waals surface area (Å²) in [5, 5.41) is 12.1. The number of hydrogen-bond acceptors (Lipinski definition) is 5. The first-order valence-electron chi connectivity index (χ1n) is 8.30. The van der Waals surface area contributed by atoms with Crippen LogP contribution in [0.15, 0.2) is 63.9 Å². The van der Waals surface area contributed by atoms with Gasteiger partial charge in [-0.2, -0.15) is 23.4 Å². The first-order chi connectivity index (χ1) is 13.4. The number of nitrogens with zero attached hydrogens (tertiary/aromatic N) is 3. The third-order valence-electron chi connectivity index (χ3n) is 3.79. The van der Waals surface area contributed by atoms with Crippen LogP contribution >= 0.6 is 0 Å². The molecular weight excluding hydrogens is 371 g/mol. The second kappa shape index (κ2) is 9.80. The Kier molecular flexibility index (Phi) is 7.45. The molecule has 0 saturated heterocycles. The summed E-state index contributed by atoms with van der Waals surface area (Å²) in [4.78, 5) is 4.86. The monoisotopic (exact) mass is 391 g/mol. The minimum atomic E-state index is -4.37. The molecule has 0 atom stereocenters. The van der Waals surface area contributed by atoms with Crippen molar-refractivity contribution in [2.45, 2.75) is 13.1 Å². The molecule has 0 spiro atoms. The van der Waals surface area contributed by atoms with Crippen LogP contribution in [0.1, 0.15) is 29.2 Å². The van der Waals surface area contributed by atoms with Crippen LogP contribution in [0.5, 0.6) is 0 Å². The van der Waals surface area contributed by atoms with E-state index in [1.54, 1.807) is 20.2 Å². The highest BCUT2D eigenvalue weighted by molar-refractivity contribution is 6.07. The Morgan fingerprint density at radius 1 is 1.04 bits per heavy atom. The van der Waals surface area contributed by atoms with Gasteiger partial charge in [0, 0.05) is 18.2 Å². The fourth-order valence-electron chi connectivity index (χ4n) is 2.41. The van der Waals surface area contributed by atoms with Crippen LogP contribution in [-0.4, -0.2) is 38.5 Å². The van der Waals surface area contributed by atoms with Gasteiger partial charge in [0.15, 0.2) is 0 Å². The van der Waals surface area contributed by atoms with Gasteiger partial charge >= 0.3 is 6.18 Å². The highest BCUT2D eigenvalue weighted by atomic mass is 19.4. The van der Waals surface area contributed by atoms with Crippen LogP contribution in [0.25, 0.3) is 0 Å². The van der Waals surface area contributed by atoms with Crippen LogP contribution < -0.4 is 0 Å². The van der Waals surface area contributed by atoms with Gasteiger partial charge in [-0.3, -0.25) is 0 Å². The van der Waals surface area contributed by atoms with Crippen molar-refractivity contribution < 1.29 is 22.7 Å². The van der Waals surface area contributed by atoms with Crippen molar-refractivity contribution in [3.63, 3.8) is 0 Å². The Balaban J connectivity index is 2.23. The fourth-order valence-corrected chi connectivity index (χ4v) is 2.41. The van der Waals surface area contributed by atoms with Crippen molar-refractivity contribution in [2.75, 3.05) is 20.8 Å². The summed E-state index contributed by atoms with van der Waals surface area (Å²) >= 11 is 0. The molecule has 0 radical (unpaired) electrons. The highest BCUT2D eigenvalue weighted by Gasteiger charge is 2.29. The predicted octanol–water partition coefficient (Wildman–Crippen LogP) is 4.55. The van der Waals surface area contributed by atoms with Gasteiger partial charge < -0.3 is 9.57 Å². The molecule has 2 rings (SSSR count). The maximum atomic E-state index is 12.6. The lowest BCUT2D eigenvalue weighted by molar-refractivity contribution is -0.137. The van der Waals surface area contributed by atoms with Crippen LogP contribution in [0, 0.1) is 0 Å². The SMILES string of the molecule is COCC(=NOC)c1ccccc1C=NN=C(C)c1ccc(C(F)(F)F)cc1. The van der Waals surface area contributed by atoms with Gasteiger partial charge in [0.25, 0.3) is 0 Å². The zero-order valence-corrected chi connectivity index (χ0v) is 15.7. The molecule has 2 aromatic rings. The smallest absolute Gasteiger partial charge is 0.399 e. The Hall–Kier alpha value is -3.00. The predicted molar refractivity (Wildman–Crippen MR) is 103 cm³/mol. The lowest BCUT2D eigenvalue weighted by atomic mass is 10.0. The van der Waals surface area contributed by atoms with E-state index in [2.05, 4.69) is 15.4 Å². The van der Waals surface area contributed by atoms with Gasteiger partial charge in [0.05, 0.1) is 24.1 Å². The lowest BCUT2D eigenvalue weighted by Crippen LogP contribution is -2.12. The molecule has 0 aromatic heterocycles. The molecule has 0 heterocycles. The largest absolute Gasteiger partial charge is 0.416 e. The van der Waals surface area contributed by atoms with E-state index in [0.717, 1.165) is 23.3 Å². The third kappa shape index (κ3) is 5.75. The Morgan fingerprint density at radius 2 is 1.71 bits per heavy atom. The second-order valence-electron chi connectivity index (χ2n) is 5.75. The molecule has 0 unspecified atom stereocenters. The molecule has 0 saturated carbocycles. The van der Waals surface area contributed by atoms with E-state index in [9.17, 15) is 13.2 Å². The summed E-state index contributed by atoms with van der Waals surface area (Å²) in [5.41, 5.74) is 2.46. The number of benzene rings is 2. The minimum Gasteiger partial charge on any atom is -0.399 e. The third-order valence-corrected chi connectivity index (χ3v) is 3.79. The van der Waals surface area contributed by atoms with E-state index < -0.39 is 11.7 Å². The topological polar surface area (TPSA) is 55.5 Å². The van der Waals surface area contributed by atoms with Crippen molar-refractivity contribution in [3.05, 3.63) is 70.8 Å². The number of methoxy groups -OCH3 is 1. The van der Waals surface area contributed by atoms with Crippen molar-refractivity contribution >= 4 is 17.6 Å². The fraction of sp³-hybridized carbons (Fsp3) is 0.250. The molecule has 0 amide bonds. The summed E-state index contributed by atoms with van der Waals surface area (Å²) in [6.07, 6.45) is -2.82. The molecule has 0 aliphatic carbocycles. The Bertz CT molecular complexity index is 873. The minimum absolute atomic E-state index is 0.256. The number of alkyl halides is 3. The van der Waals surface area contributed by atoms with E-state index >= 15 is 0 Å². The molecule has 5 nitrogen and oxygen atoms in total. The van der Waals surface area contributed by atoms with Gasteiger partial charge in [0.1, 0.15) is 12.8 Å². The normalized spacial score (nSPS) is 13.2. The molecule has 148 valence electrons. The number of ether oxygens (including phenoxy) is 1. The average molecular weight is 391 g/mol. The summed E-state index contributed by atoms with van der Waals surface area (Å²) in [5.74, 6) is 0. The van der Waals surface area contributed by atoms with Gasteiger partial charge in [-0.1, -0.05) is 41.6 Å². The summed E-state index contributed by atoms with van der Waals surface area (Å²) < 4.78 is 43.1. The van der Waals surface area contributed by atoms with E-state index in [1.807, 2.05) is 24.3 Å². The molecule has 0 bridgehead atoms. The van der Waals surface area contributed by atoms with Crippen molar-refractivity contribution in [1.29, 1.82) is 0 Å². The zero-order valence-electron chi connectivity index (χ0n) is 15.7. The van der Waals surface area contributed by atoms with Crippen molar-refractivity contribution in [1.82, 2.24) is 0 Å². The maximum absolute atomic E-state index is 12.6. The van der Waals surface area contributed by atoms with Gasteiger partial charge in [-0.15, -0.1) is 0 Å². The Morgan fingerprint density at radius 3 is 2.32 bits per heavy atom. The highest BCUT2D eigenvalue weighted by Crippen LogP contribution is 2.29. The number of rotatable bonds is 7. The molecule has 0 aliphatic heterocycles. The van der Waals surface area contributed by atoms with Gasteiger partial charge in [-0.05, 0) is 24.6 Å². The molecule has 2 aromatic carbocycles. The van der Waals surface area contributed by atoms with Gasteiger partial charge in [0.2, 0.25) is 0 Å². The van der Waals surface area contributed by atoms with E-state index in [0.29, 0.717) is 17.0 Å². The van der Waals surface area contributed by atoms with Crippen molar-refractivity contribution in [3.8, 4) is 0 Å². The standard InChI is InChI=1S/C20H20F3N3O2/c1-14(15-8-10-17(11-9-15)20(21,22)23)25-24-12-16-6-4-5-7-18(16)19(13-27-2)26-28-3/h4-12H,13H2,1-3H3. The molecule has 0 aliphatic rings. The first kappa shape index (κ1) is 21.3. The van der Waals surface area contributed by atoms with E-state index in [1.165, 1.54) is 19.2 Å². The molecule has 0 fully saturated rings. The van der Waals surface area contributed by atoms with E-state index in [-0.39, 0.29) is 6.61 Å². The average Bonchev–Trinajstić information content (AvgIpc) is 2.67. The van der Waals surface area contributed by atoms with Crippen LogP contribution in [0.4, 0.5) is 13.2 Å². The van der Waals surface area contributed by atoms with Gasteiger partial charge in [-0.25, -0.2) is 0 Å². The molecule has 28 heavy (non-hydrogen) atoms. The number of oxime groups is 1. The van der Waals surface area contributed by atoms with Crippen LogP contribution in [0.2, 0.25) is 0 Å². The Labute approximate surface area is 161 Å². The summed E-state index contributed by atoms with van der Waals surface area (Å²) in [6.45, 7) is 1.93. The molecule has 8 heteroatoms. The number of hydrogen-bond donors (Lipinski definition) is 0. The molecular formula is C20H20F3N3O2. The lowest BCUT2D eigenvalue weighted by Gasteiger charge is -2.08. The van der Waals surface area contributed by atoms with Crippen molar-refractivity contribution in [2.24, 2.45) is 15.4 Å². The first-order valence-corrected chi connectivity index (χ1v) is 8.30. The maximum Gasteiger partial charge on any atom is 0.416 e. The molecule has 0 N–H and O–H groups in total.